The maximum absolute atomic E-state index is 12.3. The maximum Gasteiger partial charge on any atom is 0.317 e. The fourth-order valence-electron chi connectivity index (χ4n) is 3.01. The summed E-state index contributed by atoms with van der Waals surface area (Å²) in [7, 11) is 3.72. The number of carbonyl (C=O) groups excluding carboxylic acids is 1. The summed E-state index contributed by atoms with van der Waals surface area (Å²) >= 11 is 0. The number of pyridine rings is 1. The Morgan fingerprint density at radius 2 is 2.16 bits per heavy atom. The third kappa shape index (κ3) is 4.81. The predicted molar refractivity (Wildman–Crippen MR) is 94.5 cm³/mol. The van der Waals surface area contributed by atoms with E-state index in [-0.39, 0.29) is 12.3 Å². The first-order valence-corrected chi connectivity index (χ1v) is 8.71. The van der Waals surface area contributed by atoms with Crippen molar-refractivity contribution in [1.29, 1.82) is 0 Å². The lowest BCUT2D eigenvalue weighted by atomic mass is 10.2. The molecule has 3 rings (SSSR count). The van der Waals surface area contributed by atoms with Gasteiger partial charge in [-0.05, 0) is 24.7 Å². The smallest absolute Gasteiger partial charge is 0.317 e. The van der Waals surface area contributed by atoms with Crippen molar-refractivity contribution >= 4 is 11.8 Å². The molecule has 8 nitrogen and oxygen atoms in total. The van der Waals surface area contributed by atoms with Gasteiger partial charge in [-0.3, -0.25) is 0 Å². The number of nitrogens with zero attached hydrogens (tertiary/aromatic N) is 4. The number of rotatable bonds is 4. The van der Waals surface area contributed by atoms with Gasteiger partial charge in [-0.1, -0.05) is 0 Å². The van der Waals surface area contributed by atoms with E-state index in [0.717, 1.165) is 37.6 Å². The predicted octanol–water partition coefficient (Wildman–Crippen LogP) is 0.348. The van der Waals surface area contributed by atoms with E-state index in [2.05, 4.69) is 33.2 Å². The van der Waals surface area contributed by atoms with Crippen LogP contribution in [-0.4, -0.2) is 87.1 Å². The molecule has 1 aromatic rings. The van der Waals surface area contributed by atoms with Gasteiger partial charge < -0.3 is 29.5 Å². The Hall–Kier alpha value is -1.90. The van der Waals surface area contributed by atoms with Gasteiger partial charge in [0, 0.05) is 52.6 Å². The van der Waals surface area contributed by atoms with Gasteiger partial charge in [0.1, 0.15) is 5.82 Å². The van der Waals surface area contributed by atoms with Gasteiger partial charge in [0.05, 0.1) is 13.2 Å². The third-order valence-electron chi connectivity index (χ3n) is 4.67. The molecule has 1 atom stereocenters. The van der Waals surface area contributed by atoms with Crippen LogP contribution in [0.3, 0.4) is 0 Å². The summed E-state index contributed by atoms with van der Waals surface area (Å²) in [6.07, 6.45) is 1.47. The van der Waals surface area contributed by atoms with Gasteiger partial charge in [0.2, 0.25) is 0 Å². The van der Waals surface area contributed by atoms with E-state index in [0.29, 0.717) is 26.2 Å². The fourth-order valence-corrected chi connectivity index (χ4v) is 3.01. The van der Waals surface area contributed by atoms with E-state index in [1.54, 1.807) is 12.0 Å². The molecular weight excluding hydrogens is 322 g/mol. The summed E-state index contributed by atoms with van der Waals surface area (Å²) in [6.45, 7) is 6.04. The number of urea groups is 1. The quantitative estimate of drug-likeness (QED) is 0.846. The number of anilines is 1. The largest absolute Gasteiger partial charge is 0.354 e. The van der Waals surface area contributed by atoms with E-state index in [1.165, 1.54) is 0 Å². The summed E-state index contributed by atoms with van der Waals surface area (Å²) in [5, 5.41) is 2.97. The molecule has 0 aromatic carbocycles. The molecule has 0 saturated carbocycles. The lowest BCUT2D eigenvalue weighted by Gasteiger charge is -2.33. The number of ether oxygens (including phenoxy) is 2. The zero-order valence-corrected chi connectivity index (χ0v) is 15.0. The lowest BCUT2D eigenvalue weighted by molar-refractivity contribution is -0.156. The first-order chi connectivity index (χ1) is 12.2. The molecule has 0 spiro atoms. The highest BCUT2D eigenvalue weighted by Crippen LogP contribution is 2.15. The molecule has 2 fully saturated rings. The van der Waals surface area contributed by atoms with Crippen molar-refractivity contribution in [1.82, 2.24) is 20.1 Å². The third-order valence-corrected chi connectivity index (χ3v) is 4.67. The molecule has 138 valence electrons. The van der Waals surface area contributed by atoms with Crippen molar-refractivity contribution in [2.24, 2.45) is 0 Å². The number of likely N-dealkylation sites (N-methyl/N-ethyl adjacent to an activating group) is 1. The highest BCUT2D eigenvalue weighted by Gasteiger charge is 2.23. The van der Waals surface area contributed by atoms with Gasteiger partial charge in [-0.15, -0.1) is 0 Å². The van der Waals surface area contributed by atoms with Crippen LogP contribution in [0.2, 0.25) is 0 Å². The zero-order chi connectivity index (χ0) is 17.6. The molecule has 0 radical (unpaired) electrons. The van der Waals surface area contributed by atoms with Crippen molar-refractivity contribution < 1.29 is 14.3 Å². The standard InChI is InChI=1S/C17H27N5O3/c1-20-5-7-21(8-6-20)15-11-14(3-4-18-15)12-19-17(23)22-9-10-25-16(13-22)24-2/h3-4,11,16H,5-10,12-13H2,1-2H3,(H,19,23). The number of nitrogens with one attached hydrogen (secondary N) is 1. The Kier molecular flexibility index (Phi) is 6.06. The molecule has 1 unspecified atom stereocenters. The van der Waals surface area contributed by atoms with Gasteiger partial charge in [-0.25, -0.2) is 9.78 Å². The first kappa shape index (κ1) is 17.9. The normalized spacial score (nSPS) is 22.1. The number of aromatic nitrogens is 1. The molecule has 0 aliphatic carbocycles. The number of methoxy groups -OCH3 is 1. The second-order valence-electron chi connectivity index (χ2n) is 6.45. The van der Waals surface area contributed by atoms with Gasteiger partial charge in [0.15, 0.2) is 6.29 Å². The van der Waals surface area contributed by atoms with Crippen molar-refractivity contribution in [3.8, 4) is 0 Å². The van der Waals surface area contributed by atoms with Gasteiger partial charge in [-0.2, -0.15) is 0 Å². The van der Waals surface area contributed by atoms with Crippen LogP contribution in [0.4, 0.5) is 10.6 Å². The fraction of sp³-hybridized carbons (Fsp3) is 0.647. The lowest BCUT2D eigenvalue weighted by Crippen LogP contribution is -2.49. The number of carbonyl (C=O) groups is 1. The minimum atomic E-state index is -0.343. The second kappa shape index (κ2) is 8.46. The molecule has 2 aliphatic rings. The minimum Gasteiger partial charge on any atom is -0.354 e. The summed E-state index contributed by atoms with van der Waals surface area (Å²) in [5.41, 5.74) is 1.05. The van der Waals surface area contributed by atoms with Crippen LogP contribution in [0.1, 0.15) is 5.56 Å². The summed E-state index contributed by atoms with van der Waals surface area (Å²) < 4.78 is 10.6. The highest BCUT2D eigenvalue weighted by molar-refractivity contribution is 5.74. The van der Waals surface area contributed by atoms with Crippen LogP contribution < -0.4 is 10.2 Å². The monoisotopic (exact) mass is 349 g/mol. The second-order valence-corrected chi connectivity index (χ2v) is 6.45. The summed E-state index contributed by atoms with van der Waals surface area (Å²) in [5.74, 6) is 0.977. The number of amides is 2. The highest BCUT2D eigenvalue weighted by atomic mass is 16.7. The first-order valence-electron chi connectivity index (χ1n) is 8.71. The number of piperazine rings is 1. The number of morpholine rings is 1. The van der Waals surface area contributed by atoms with E-state index < -0.39 is 0 Å². The molecule has 2 amide bonds. The minimum absolute atomic E-state index is 0.0942. The van der Waals surface area contributed by atoms with Crippen LogP contribution in [0.25, 0.3) is 0 Å². The number of hydrogen-bond acceptors (Lipinski definition) is 6. The van der Waals surface area contributed by atoms with Crippen LogP contribution in [0.15, 0.2) is 18.3 Å². The SMILES string of the molecule is COC1CN(C(=O)NCc2ccnc(N3CCN(C)CC3)c2)CCO1. The summed E-state index contributed by atoms with van der Waals surface area (Å²) in [4.78, 5) is 23.1. The Bertz CT molecular complexity index is 577. The van der Waals surface area contributed by atoms with Gasteiger partial charge in [0.25, 0.3) is 0 Å². The van der Waals surface area contributed by atoms with E-state index in [9.17, 15) is 4.79 Å². The van der Waals surface area contributed by atoms with Crippen molar-refractivity contribution in [3.63, 3.8) is 0 Å². The molecule has 1 N–H and O–H groups in total. The molecule has 3 heterocycles. The maximum atomic E-state index is 12.3. The molecule has 1 aromatic heterocycles. The molecular formula is C17H27N5O3. The van der Waals surface area contributed by atoms with Crippen LogP contribution in [0.5, 0.6) is 0 Å². The van der Waals surface area contributed by atoms with E-state index >= 15 is 0 Å². The Balaban J connectivity index is 1.53. The zero-order valence-electron chi connectivity index (χ0n) is 15.0. The number of hydrogen-bond donors (Lipinski definition) is 1. The van der Waals surface area contributed by atoms with Gasteiger partial charge >= 0.3 is 6.03 Å². The summed E-state index contributed by atoms with van der Waals surface area (Å²) in [6, 6.07) is 3.91. The van der Waals surface area contributed by atoms with Crippen LogP contribution in [-0.2, 0) is 16.0 Å². The van der Waals surface area contributed by atoms with Crippen LogP contribution in [0, 0.1) is 0 Å². The Labute approximate surface area is 148 Å². The Morgan fingerprint density at radius 1 is 1.36 bits per heavy atom. The van der Waals surface area contributed by atoms with Crippen molar-refractivity contribution in [3.05, 3.63) is 23.9 Å². The molecule has 25 heavy (non-hydrogen) atoms. The topological polar surface area (TPSA) is 70.2 Å². The van der Waals surface area contributed by atoms with Crippen molar-refractivity contribution in [2.45, 2.75) is 12.8 Å². The average molecular weight is 349 g/mol. The molecule has 0 bridgehead atoms. The van der Waals surface area contributed by atoms with E-state index in [4.69, 9.17) is 9.47 Å². The van der Waals surface area contributed by atoms with E-state index in [1.807, 2.05) is 12.3 Å². The molecule has 2 aliphatic heterocycles. The average Bonchev–Trinajstić information content (AvgIpc) is 2.67. The Morgan fingerprint density at radius 3 is 2.92 bits per heavy atom. The molecule has 2 saturated heterocycles. The van der Waals surface area contributed by atoms with Crippen molar-refractivity contribution in [2.75, 3.05) is 64.9 Å². The molecule has 8 heteroatoms. The van der Waals surface area contributed by atoms with Crippen LogP contribution >= 0.6 is 0 Å².